The normalized spacial score (nSPS) is 11.9. The zero-order valence-corrected chi connectivity index (χ0v) is 12.3. The van der Waals surface area contributed by atoms with Gasteiger partial charge in [0.25, 0.3) is 0 Å². The Balaban J connectivity index is 2.16. The van der Waals surface area contributed by atoms with Crippen molar-refractivity contribution in [1.82, 2.24) is 0 Å². The maximum absolute atomic E-state index is 12.0. The first-order chi connectivity index (χ1) is 10.1. The minimum Gasteiger partial charge on any atom is -0.469 e. The van der Waals surface area contributed by atoms with Crippen LogP contribution in [0.1, 0.15) is 30.0 Å². The van der Waals surface area contributed by atoms with Crippen molar-refractivity contribution in [3.05, 3.63) is 47.9 Å². The molecule has 1 heterocycles. The average Bonchev–Trinajstić information content (AvgIpc) is 2.94. The fourth-order valence-corrected chi connectivity index (χ4v) is 2.14. The van der Waals surface area contributed by atoms with Crippen molar-refractivity contribution in [2.24, 2.45) is 0 Å². The molecule has 1 unspecified atom stereocenters. The molecule has 3 N–H and O–H groups in total. The monoisotopic (exact) mass is 288 g/mol. The molecule has 0 saturated heterocycles. The third-order valence-corrected chi connectivity index (χ3v) is 3.07. The largest absolute Gasteiger partial charge is 0.469 e. The topological polar surface area (TPSA) is 77.5 Å². The van der Waals surface area contributed by atoms with Crippen molar-refractivity contribution < 1.29 is 13.9 Å². The van der Waals surface area contributed by atoms with Gasteiger partial charge in [-0.2, -0.15) is 0 Å². The minimum atomic E-state index is -0.377. The van der Waals surface area contributed by atoms with Crippen molar-refractivity contribution >= 4 is 17.3 Å². The number of carbonyl (C=O) groups excluding carboxylic acids is 1. The van der Waals surface area contributed by atoms with Crippen molar-refractivity contribution in [3.63, 3.8) is 0 Å². The molecule has 1 atom stereocenters. The number of para-hydroxylation sites is 1. The van der Waals surface area contributed by atoms with Gasteiger partial charge in [0.05, 0.1) is 29.8 Å². The first kappa shape index (κ1) is 15.0. The van der Waals surface area contributed by atoms with Crippen LogP contribution in [0.25, 0.3) is 0 Å². The molecule has 0 aliphatic carbocycles. The molecule has 21 heavy (non-hydrogen) atoms. The molecule has 1 aromatic carbocycles. The molecular formula is C16H20N2O3. The molecule has 0 amide bonds. The highest BCUT2D eigenvalue weighted by Gasteiger charge is 2.17. The number of nitrogens with one attached hydrogen (secondary N) is 1. The maximum Gasteiger partial charge on any atom is 0.340 e. The van der Waals surface area contributed by atoms with Gasteiger partial charge in [-0.15, -0.1) is 0 Å². The summed E-state index contributed by atoms with van der Waals surface area (Å²) in [4.78, 5) is 12.0. The van der Waals surface area contributed by atoms with Crippen molar-refractivity contribution in [2.45, 2.75) is 26.3 Å². The van der Waals surface area contributed by atoms with Crippen LogP contribution in [0, 0.1) is 0 Å². The van der Waals surface area contributed by atoms with Crippen LogP contribution in [-0.2, 0) is 11.2 Å². The first-order valence-electron chi connectivity index (χ1n) is 6.96. The van der Waals surface area contributed by atoms with E-state index in [-0.39, 0.29) is 12.0 Å². The van der Waals surface area contributed by atoms with E-state index in [0.717, 1.165) is 5.76 Å². The number of nitrogen functional groups attached to an aromatic ring is 1. The number of ether oxygens (including phenoxy) is 1. The summed E-state index contributed by atoms with van der Waals surface area (Å²) in [5.41, 5.74) is 7.56. The van der Waals surface area contributed by atoms with E-state index in [0.29, 0.717) is 30.0 Å². The molecule has 0 aliphatic heterocycles. The molecule has 2 aromatic rings. The van der Waals surface area contributed by atoms with Gasteiger partial charge in [-0.25, -0.2) is 4.79 Å². The summed E-state index contributed by atoms with van der Waals surface area (Å²) >= 11 is 0. The smallest absolute Gasteiger partial charge is 0.340 e. The lowest BCUT2D eigenvalue weighted by Crippen LogP contribution is -2.21. The summed E-state index contributed by atoms with van der Waals surface area (Å²) in [5, 5.41) is 3.27. The van der Waals surface area contributed by atoms with Crippen LogP contribution in [0.4, 0.5) is 11.4 Å². The molecule has 0 spiro atoms. The highest BCUT2D eigenvalue weighted by molar-refractivity contribution is 5.98. The van der Waals surface area contributed by atoms with Crippen molar-refractivity contribution in [3.8, 4) is 0 Å². The number of nitrogens with two attached hydrogens (primary N) is 1. The molecule has 1 aromatic heterocycles. The van der Waals surface area contributed by atoms with E-state index in [2.05, 4.69) is 5.32 Å². The van der Waals surface area contributed by atoms with E-state index in [1.54, 1.807) is 31.4 Å². The second kappa shape index (κ2) is 6.83. The fourth-order valence-electron chi connectivity index (χ4n) is 2.14. The van der Waals surface area contributed by atoms with Crippen LogP contribution in [-0.4, -0.2) is 18.6 Å². The fraction of sp³-hybridized carbons (Fsp3) is 0.312. The summed E-state index contributed by atoms with van der Waals surface area (Å²) in [6.07, 6.45) is 2.34. The maximum atomic E-state index is 12.0. The SMILES string of the molecule is CCOC(=O)c1cccc(N)c1NC(C)Cc1ccco1. The Morgan fingerprint density at radius 1 is 1.38 bits per heavy atom. The molecular weight excluding hydrogens is 268 g/mol. The van der Waals surface area contributed by atoms with Crippen LogP contribution in [0.15, 0.2) is 41.0 Å². The van der Waals surface area contributed by atoms with Crippen molar-refractivity contribution in [1.29, 1.82) is 0 Å². The predicted octanol–water partition coefficient (Wildman–Crippen LogP) is 3.08. The quantitative estimate of drug-likeness (QED) is 0.631. The van der Waals surface area contributed by atoms with Crippen LogP contribution in [0.5, 0.6) is 0 Å². The number of hydrogen-bond donors (Lipinski definition) is 2. The van der Waals surface area contributed by atoms with Gasteiger partial charge in [-0.1, -0.05) is 6.07 Å². The Morgan fingerprint density at radius 2 is 2.19 bits per heavy atom. The highest BCUT2D eigenvalue weighted by Crippen LogP contribution is 2.25. The zero-order chi connectivity index (χ0) is 15.2. The second-order valence-corrected chi connectivity index (χ2v) is 4.82. The average molecular weight is 288 g/mol. The Kier molecular flexibility index (Phi) is 4.87. The molecule has 0 radical (unpaired) electrons. The lowest BCUT2D eigenvalue weighted by molar-refractivity contribution is 0.0527. The summed E-state index contributed by atoms with van der Waals surface area (Å²) in [5.74, 6) is 0.500. The van der Waals surface area contributed by atoms with Gasteiger partial charge in [-0.05, 0) is 38.1 Å². The Hall–Kier alpha value is -2.43. The van der Waals surface area contributed by atoms with Crippen LogP contribution < -0.4 is 11.1 Å². The van der Waals surface area contributed by atoms with Crippen molar-refractivity contribution in [2.75, 3.05) is 17.7 Å². The number of carbonyl (C=O) groups is 1. The number of rotatable bonds is 6. The third kappa shape index (κ3) is 3.78. The third-order valence-electron chi connectivity index (χ3n) is 3.07. The number of furan rings is 1. The van der Waals surface area contributed by atoms with Gasteiger partial charge < -0.3 is 20.2 Å². The number of hydrogen-bond acceptors (Lipinski definition) is 5. The van der Waals surface area contributed by atoms with Crippen LogP contribution in [0.3, 0.4) is 0 Å². The summed E-state index contributed by atoms with van der Waals surface area (Å²) in [7, 11) is 0. The Morgan fingerprint density at radius 3 is 2.86 bits per heavy atom. The summed E-state index contributed by atoms with van der Waals surface area (Å²) in [6, 6.07) is 9.03. The van der Waals surface area contributed by atoms with Gasteiger partial charge in [0.15, 0.2) is 0 Å². The minimum absolute atomic E-state index is 0.0639. The molecule has 5 nitrogen and oxygen atoms in total. The van der Waals surface area contributed by atoms with E-state index >= 15 is 0 Å². The van der Waals surface area contributed by atoms with E-state index < -0.39 is 0 Å². The second-order valence-electron chi connectivity index (χ2n) is 4.82. The van der Waals surface area contributed by atoms with E-state index in [1.807, 2.05) is 19.1 Å². The predicted molar refractivity (Wildman–Crippen MR) is 82.3 cm³/mol. The first-order valence-corrected chi connectivity index (χ1v) is 6.96. The summed E-state index contributed by atoms with van der Waals surface area (Å²) in [6.45, 7) is 4.11. The van der Waals surface area contributed by atoms with Gasteiger partial charge >= 0.3 is 5.97 Å². The number of esters is 1. The molecule has 5 heteroatoms. The molecule has 2 rings (SSSR count). The molecule has 0 fully saturated rings. The number of benzene rings is 1. The van der Waals surface area contributed by atoms with E-state index in [4.69, 9.17) is 14.9 Å². The van der Waals surface area contributed by atoms with Gasteiger partial charge in [0.2, 0.25) is 0 Å². The summed E-state index contributed by atoms with van der Waals surface area (Å²) < 4.78 is 10.4. The Labute approximate surface area is 124 Å². The van der Waals surface area contributed by atoms with Gasteiger partial charge in [-0.3, -0.25) is 0 Å². The van der Waals surface area contributed by atoms with Crippen LogP contribution >= 0.6 is 0 Å². The highest BCUT2D eigenvalue weighted by atomic mass is 16.5. The Bertz CT molecular complexity index is 594. The molecule has 0 bridgehead atoms. The lowest BCUT2D eigenvalue weighted by Gasteiger charge is -2.18. The zero-order valence-electron chi connectivity index (χ0n) is 12.3. The standard InChI is InChI=1S/C16H20N2O3/c1-3-20-16(19)13-7-4-8-14(17)15(13)18-11(2)10-12-6-5-9-21-12/h4-9,11,18H,3,10,17H2,1-2H3. The molecule has 0 saturated carbocycles. The molecule has 112 valence electrons. The van der Waals surface area contributed by atoms with E-state index in [1.165, 1.54) is 0 Å². The van der Waals surface area contributed by atoms with Gasteiger partial charge in [0, 0.05) is 12.5 Å². The van der Waals surface area contributed by atoms with Crippen LogP contribution in [0.2, 0.25) is 0 Å². The number of anilines is 2. The molecule has 0 aliphatic rings. The lowest BCUT2D eigenvalue weighted by atomic mass is 10.1. The van der Waals surface area contributed by atoms with Gasteiger partial charge in [0.1, 0.15) is 5.76 Å². The van der Waals surface area contributed by atoms with E-state index in [9.17, 15) is 4.79 Å².